The van der Waals surface area contributed by atoms with Crippen LogP contribution in [0.5, 0.6) is 0 Å². The molecular formula is C18H24FN3O3. The number of halogens is 1. The molecule has 1 heterocycles. The first-order valence-electron chi connectivity index (χ1n) is 8.57. The molecule has 2 atom stereocenters. The van der Waals surface area contributed by atoms with Crippen LogP contribution in [0.2, 0.25) is 0 Å². The molecule has 25 heavy (non-hydrogen) atoms. The van der Waals surface area contributed by atoms with Gasteiger partial charge in [-0.2, -0.15) is 0 Å². The minimum atomic E-state index is -0.519. The molecule has 136 valence electrons. The van der Waals surface area contributed by atoms with Gasteiger partial charge in [0.2, 0.25) is 11.8 Å². The molecule has 0 spiro atoms. The lowest BCUT2D eigenvalue weighted by molar-refractivity contribution is -0.131. The summed E-state index contributed by atoms with van der Waals surface area (Å²) >= 11 is 0. The Labute approximate surface area is 146 Å². The molecule has 0 aliphatic carbocycles. The zero-order valence-corrected chi connectivity index (χ0v) is 14.5. The van der Waals surface area contributed by atoms with Crippen molar-refractivity contribution in [3.8, 4) is 0 Å². The second-order valence-electron chi connectivity index (χ2n) is 6.29. The predicted octanol–water partition coefficient (Wildman–Crippen LogP) is 1.29. The van der Waals surface area contributed by atoms with E-state index in [0.29, 0.717) is 31.2 Å². The standard InChI is InChI=1S/C18H24FN3O3/c1-3-12-7-8-13(19)9-14(12)17(24)20-10-11(2)21-18(25)15-5-4-6-16(23)22-15/h7-9,11,15H,3-6,10H2,1-2H3,(H,20,24)(H,21,25)(H,22,23)/t11-,15+/m0/s1. The number of hydrogen-bond donors (Lipinski definition) is 3. The summed E-state index contributed by atoms with van der Waals surface area (Å²) in [6, 6.07) is 3.32. The van der Waals surface area contributed by atoms with Gasteiger partial charge < -0.3 is 16.0 Å². The molecule has 0 bridgehead atoms. The van der Waals surface area contributed by atoms with Gasteiger partial charge in [0.25, 0.3) is 5.91 Å². The Hall–Kier alpha value is -2.44. The van der Waals surface area contributed by atoms with Crippen LogP contribution < -0.4 is 16.0 Å². The van der Waals surface area contributed by atoms with Crippen LogP contribution >= 0.6 is 0 Å². The highest BCUT2D eigenvalue weighted by Crippen LogP contribution is 2.12. The number of benzene rings is 1. The van der Waals surface area contributed by atoms with Crippen LogP contribution in [0.25, 0.3) is 0 Å². The summed E-state index contributed by atoms with van der Waals surface area (Å²) in [4.78, 5) is 35.7. The smallest absolute Gasteiger partial charge is 0.251 e. The lowest BCUT2D eigenvalue weighted by Crippen LogP contribution is -2.52. The van der Waals surface area contributed by atoms with Crippen LogP contribution in [0.15, 0.2) is 18.2 Å². The van der Waals surface area contributed by atoms with Crippen molar-refractivity contribution in [3.05, 3.63) is 35.1 Å². The summed E-state index contributed by atoms with van der Waals surface area (Å²) < 4.78 is 13.4. The summed E-state index contributed by atoms with van der Waals surface area (Å²) in [5.74, 6) is -1.21. The monoisotopic (exact) mass is 349 g/mol. The van der Waals surface area contributed by atoms with E-state index >= 15 is 0 Å². The first-order chi connectivity index (χ1) is 11.9. The minimum Gasteiger partial charge on any atom is -0.350 e. The van der Waals surface area contributed by atoms with E-state index in [1.54, 1.807) is 13.0 Å². The number of piperidine rings is 1. The molecule has 3 N–H and O–H groups in total. The molecule has 6 nitrogen and oxygen atoms in total. The lowest BCUT2D eigenvalue weighted by atomic mass is 10.0. The molecule has 1 aliphatic rings. The Balaban J connectivity index is 1.86. The fraction of sp³-hybridized carbons (Fsp3) is 0.500. The highest BCUT2D eigenvalue weighted by Gasteiger charge is 2.25. The zero-order chi connectivity index (χ0) is 18.4. The van der Waals surface area contributed by atoms with E-state index in [1.807, 2.05) is 6.92 Å². The Morgan fingerprint density at radius 2 is 2.16 bits per heavy atom. The van der Waals surface area contributed by atoms with E-state index in [4.69, 9.17) is 0 Å². The van der Waals surface area contributed by atoms with Crippen molar-refractivity contribution < 1.29 is 18.8 Å². The first kappa shape index (κ1) is 18.9. The molecule has 1 aliphatic heterocycles. The Morgan fingerprint density at radius 3 is 2.84 bits per heavy atom. The number of hydrogen-bond acceptors (Lipinski definition) is 3. The largest absolute Gasteiger partial charge is 0.350 e. The minimum absolute atomic E-state index is 0.120. The predicted molar refractivity (Wildman–Crippen MR) is 91.5 cm³/mol. The molecule has 2 rings (SSSR count). The van der Waals surface area contributed by atoms with Gasteiger partial charge in [0.05, 0.1) is 0 Å². The van der Waals surface area contributed by atoms with Crippen molar-refractivity contribution in [2.24, 2.45) is 0 Å². The number of amides is 3. The van der Waals surface area contributed by atoms with E-state index in [0.717, 1.165) is 5.56 Å². The zero-order valence-electron chi connectivity index (χ0n) is 14.5. The van der Waals surface area contributed by atoms with Crippen molar-refractivity contribution in [1.29, 1.82) is 0 Å². The van der Waals surface area contributed by atoms with Crippen molar-refractivity contribution in [2.75, 3.05) is 6.54 Å². The molecule has 3 amide bonds. The van der Waals surface area contributed by atoms with Gasteiger partial charge in [0.1, 0.15) is 11.9 Å². The topological polar surface area (TPSA) is 87.3 Å². The molecule has 0 saturated carbocycles. The number of nitrogens with one attached hydrogen (secondary N) is 3. The fourth-order valence-corrected chi connectivity index (χ4v) is 2.81. The van der Waals surface area contributed by atoms with E-state index in [2.05, 4.69) is 16.0 Å². The SMILES string of the molecule is CCc1ccc(F)cc1C(=O)NC[C@H](C)NC(=O)[C@H]1CCCC(=O)N1. The molecule has 0 radical (unpaired) electrons. The van der Waals surface area contributed by atoms with Gasteiger partial charge in [0, 0.05) is 24.6 Å². The summed E-state index contributed by atoms with van der Waals surface area (Å²) in [7, 11) is 0. The van der Waals surface area contributed by atoms with Gasteiger partial charge in [-0.1, -0.05) is 13.0 Å². The molecular weight excluding hydrogens is 325 g/mol. The highest BCUT2D eigenvalue weighted by atomic mass is 19.1. The molecule has 7 heteroatoms. The van der Waals surface area contributed by atoms with Crippen LogP contribution in [0.4, 0.5) is 4.39 Å². The average molecular weight is 349 g/mol. The summed E-state index contributed by atoms with van der Waals surface area (Å²) in [6.07, 6.45) is 2.37. The molecule has 1 fully saturated rings. The van der Waals surface area contributed by atoms with Gasteiger partial charge >= 0.3 is 0 Å². The third kappa shape index (κ3) is 5.27. The van der Waals surface area contributed by atoms with Gasteiger partial charge in [0.15, 0.2) is 0 Å². The van der Waals surface area contributed by atoms with Crippen molar-refractivity contribution in [1.82, 2.24) is 16.0 Å². The van der Waals surface area contributed by atoms with Crippen molar-refractivity contribution in [2.45, 2.75) is 51.6 Å². The van der Waals surface area contributed by atoms with E-state index < -0.39 is 11.9 Å². The number of rotatable bonds is 6. The van der Waals surface area contributed by atoms with Gasteiger partial charge in [-0.3, -0.25) is 14.4 Å². The Kier molecular flexibility index (Phi) is 6.50. The van der Waals surface area contributed by atoms with Crippen LogP contribution in [-0.4, -0.2) is 36.3 Å². The Bertz CT molecular complexity index is 663. The van der Waals surface area contributed by atoms with Crippen LogP contribution in [0.1, 0.15) is 49.0 Å². The van der Waals surface area contributed by atoms with Crippen LogP contribution in [0.3, 0.4) is 0 Å². The van der Waals surface area contributed by atoms with E-state index in [-0.39, 0.29) is 30.3 Å². The second-order valence-corrected chi connectivity index (χ2v) is 6.29. The lowest BCUT2D eigenvalue weighted by Gasteiger charge is -2.24. The number of carbonyl (C=O) groups excluding carboxylic acids is 3. The van der Waals surface area contributed by atoms with Crippen molar-refractivity contribution >= 4 is 17.7 Å². The molecule has 0 aromatic heterocycles. The first-order valence-corrected chi connectivity index (χ1v) is 8.57. The maximum Gasteiger partial charge on any atom is 0.251 e. The Morgan fingerprint density at radius 1 is 1.40 bits per heavy atom. The van der Waals surface area contributed by atoms with E-state index in [9.17, 15) is 18.8 Å². The maximum atomic E-state index is 13.4. The third-order valence-corrected chi connectivity index (χ3v) is 4.20. The van der Waals surface area contributed by atoms with Crippen LogP contribution in [-0.2, 0) is 16.0 Å². The summed E-state index contributed by atoms with van der Waals surface area (Å²) in [5, 5.41) is 8.14. The third-order valence-electron chi connectivity index (χ3n) is 4.20. The normalized spacial score (nSPS) is 18.2. The maximum absolute atomic E-state index is 13.4. The molecule has 1 saturated heterocycles. The fourth-order valence-electron chi connectivity index (χ4n) is 2.81. The van der Waals surface area contributed by atoms with Crippen LogP contribution in [0, 0.1) is 5.82 Å². The molecule has 1 aromatic rings. The van der Waals surface area contributed by atoms with Gasteiger partial charge in [-0.05, 0) is 43.9 Å². The summed E-state index contributed by atoms with van der Waals surface area (Å²) in [5.41, 5.74) is 1.07. The van der Waals surface area contributed by atoms with E-state index in [1.165, 1.54) is 12.1 Å². The van der Waals surface area contributed by atoms with Crippen molar-refractivity contribution in [3.63, 3.8) is 0 Å². The quantitative estimate of drug-likeness (QED) is 0.723. The van der Waals surface area contributed by atoms with Gasteiger partial charge in [-0.25, -0.2) is 4.39 Å². The molecule has 1 aromatic carbocycles. The number of aryl methyl sites for hydroxylation is 1. The molecule has 0 unspecified atom stereocenters. The average Bonchev–Trinajstić information content (AvgIpc) is 2.59. The number of carbonyl (C=O) groups is 3. The van der Waals surface area contributed by atoms with Gasteiger partial charge in [-0.15, -0.1) is 0 Å². The highest BCUT2D eigenvalue weighted by molar-refractivity contribution is 5.95. The summed E-state index contributed by atoms with van der Waals surface area (Å²) in [6.45, 7) is 3.87. The second kappa shape index (κ2) is 8.60.